The standard InChI is InChI=1S/C17H16N2O4S/c1-11-9-15(20)18-12-5-2-3-6-13(12)19(11)16(21)10-23-17(22)14-7-4-8-24-14/h2-8,11H,9-10H2,1H3,(H,18,20)/t11-/m1/s1. The largest absolute Gasteiger partial charge is 0.451 e. The average molecular weight is 344 g/mol. The van der Waals surface area contributed by atoms with Crippen molar-refractivity contribution in [3.05, 3.63) is 46.7 Å². The highest BCUT2D eigenvalue weighted by molar-refractivity contribution is 7.11. The van der Waals surface area contributed by atoms with Gasteiger partial charge in [-0.2, -0.15) is 0 Å². The van der Waals surface area contributed by atoms with Gasteiger partial charge < -0.3 is 15.0 Å². The van der Waals surface area contributed by atoms with Crippen LogP contribution in [-0.2, 0) is 14.3 Å². The van der Waals surface area contributed by atoms with Crippen LogP contribution in [0.2, 0.25) is 0 Å². The molecule has 2 heterocycles. The number of esters is 1. The van der Waals surface area contributed by atoms with Crippen LogP contribution in [-0.4, -0.2) is 30.4 Å². The van der Waals surface area contributed by atoms with E-state index in [0.717, 1.165) is 0 Å². The predicted molar refractivity (Wildman–Crippen MR) is 91.2 cm³/mol. The first-order valence-corrected chi connectivity index (χ1v) is 8.36. The highest BCUT2D eigenvalue weighted by atomic mass is 32.1. The minimum atomic E-state index is -0.525. The molecule has 6 nitrogen and oxygen atoms in total. The maximum absolute atomic E-state index is 12.6. The molecule has 0 aliphatic carbocycles. The maximum Gasteiger partial charge on any atom is 0.348 e. The Kier molecular flexibility index (Phi) is 4.61. The number of nitrogens with one attached hydrogen (secondary N) is 1. The van der Waals surface area contributed by atoms with E-state index in [4.69, 9.17) is 4.74 Å². The minimum absolute atomic E-state index is 0.152. The fourth-order valence-corrected chi connectivity index (χ4v) is 3.25. The van der Waals surface area contributed by atoms with Crippen LogP contribution in [0.25, 0.3) is 0 Å². The molecule has 24 heavy (non-hydrogen) atoms. The third-order valence-electron chi connectivity index (χ3n) is 3.68. The molecule has 0 bridgehead atoms. The van der Waals surface area contributed by atoms with Crippen molar-refractivity contribution in [1.29, 1.82) is 0 Å². The van der Waals surface area contributed by atoms with Gasteiger partial charge in [0.15, 0.2) is 6.61 Å². The summed E-state index contributed by atoms with van der Waals surface area (Å²) in [6.45, 7) is 1.42. The van der Waals surface area contributed by atoms with Crippen LogP contribution in [0.1, 0.15) is 23.0 Å². The second-order valence-corrected chi connectivity index (χ2v) is 6.38. The van der Waals surface area contributed by atoms with Gasteiger partial charge >= 0.3 is 5.97 Å². The highest BCUT2D eigenvalue weighted by Gasteiger charge is 2.30. The summed E-state index contributed by atoms with van der Waals surface area (Å²) in [6.07, 6.45) is 0.180. The fourth-order valence-electron chi connectivity index (χ4n) is 2.63. The SMILES string of the molecule is C[C@@H]1CC(=O)Nc2ccccc2N1C(=O)COC(=O)c1cccs1. The number of anilines is 2. The van der Waals surface area contributed by atoms with Crippen molar-refractivity contribution in [1.82, 2.24) is 0 Å². The molecule has 2 amide bonds. The number of carbonyl (C=O) groups excluding carboxylic acids is 3. The van der Waals surface area contributed by atoms with Gasteiger partial charge in [0, 0.05) is 12.5 Å². The summed E-state index contributed by atoms with van der Waals surface area (Å²) in [5.41, 5.74) is 1.18. The quantitative estimate of drug-likeness (QED) is 0.869. The van der Waals surface area contributed by atoms with Gasteiger partial charge in [-0.25, -0.2) is 4.79 Å². The number of carbonyl (C=O) groups is 3. The summed E-state index contributed by atoms with van der Waals surface area (Å²) in [4.78, 5) is 38.4. The zero-order valence-corrected chi connectivity index (χ0v) is 13.8. The van der Waals surface area contributed by atoms with E-state index >= 15 is 0 Å². The van der Waals surface area contributed by atoms with Gasteiger partial charge in [0.1, 0.15) is 4.88 Å². The average Bonchev–Trinajstić information content (AvgIpc) is 3.04. The number of para-hydroxylation sites is 2. The fraction of sp³-hybridized carbons (Fsp3) is 0.235. The lowest BCUT2D eigenvalue weighted by Gasteiger charge is -2.27. The Balaban J connectivity index is 1.78. The van der Waals surface area contributed by atoms with Crippen molar-refractivity contribution in [3.8, 4) is 0 Å². The monoisotopic (exact) mass is 344 g/mol. The molecule has 0 spiro atoms. The van der Waals surface area contributed by atoms with Crippen LogP contribution in [0.4, 0.5) is 11.4 Å². The van der Waals surface area contributed by atoms with Gasteiger partial charge in [0.25, 0.3) is 5.91 Å². The van der Waals surface area contributed by atoms with Crippen molar-refractivity contribution in [3.63, 3.8) is 0 Å². The Morgan fingerprint density at radius 3 is 2.83 bits per heavy atom. The van der Waals surface area contributed by atoms with Crippen molar-refractivity contribution in [2.45, 2.75) is 19.4 Å². The van der Waals surface area contributed by atoms with Gasteiger partial charge in [0.2, 0.25) is 5.91 Å². The molecule has 0 saturated heterocycles. The summed E-state index contributed by atoms with van der Waals surface area (Å²) in [5.74, 6) is -1.04. The molecule has 3 rings (SSSR count). The van der Waals surface area contributed by atoms with E-state index in [0.29, 0.717) is 16.3 Å². The Hall–Kier alpha value is -2.67. The predicted octanol–water partition coefficient (Wildman–Crippen LogP) is 2.67. The zero-order chi connectivity index (χ0) is 17.1. The summed E-state index contributed by atoms with van der Waals surface area (Å²) in [6, 6.07) is 10.1. The molecule has 1 aromatic carbocycles. The normalized spacial score (nSPS) is 16.8. The molecule has 1 N–H and O–H groups in total. The second kappa shape index (κ2) is 6.84. The first-order chi connectivity index (χ1) is 11.6. The van der Waals surface area contributed by atoms with Gasteiger partial charge in [-0.15, -0.1) is 11.3 Å². The number of ether oxygens (including phenoxy) is 1. The molecule has 0 radical (unpaired) electrons. The molecule has 0 fully saturated rings. The molecule has 1 aliphatic rings. The second-order valence-electron chi connectivity index (χ2n) is 5.44. The highest BCUT2D eigenvalue weighted by Crippen LogP contribution is 2.31. The first kappa shape index (κ1) is 16.2. The van der Waals surface area contributed by atoms with E-state index in [1.807, 2.05) is 0 Å². The molecule has 1 aliphatic heterocycles. The van der Waals surface area contributed by atoms with Crippen LogP contribution in [0, 0.1) is 0 Å². The zero-order valence-electron chi connectivity index (χ0n) is 13.0. The Labute approximate surface area is 143 Å². The molecule has 7 heteroatoms. The van der Waals surface area contributed by atoms with Crippen LogP contribution < -0.4 is 10.2 Å². The molecule has 1 aromatic heterocycles. The lowest BCUT2D eigenvalue weighted by Crippen LogP contribution is -2.41. The third kappa shape index (κ3) is 3.30. The van der Waals surface area contributed by atoms with Crippen molar-refractivity contribution >= 4 is 40.5 Å². The van der Waals surface area contributed by atoms with E-state index in [9.17, 15) is 14.4 Å². The van der Waals surface area contributed by atoms with E-state index in [2.05, 4.69) is 5.32 Å². The molecule has 124 valence electrons. The molecule has 0 saturated carbocycles. The van der Waals surface area contributed by atoms with E-state index in [1.54, 1.807) is 48.7 Å². The first-order valence-electron chi connectivity index (χ1n) is 7.48. The van der Waals surface area contributed by atoms with Crippen LogP contribution in [0.15, 0.2) is 41.8 Å². The smallest absolute Gasteiger partial charge is 0.348 e. The number of amides is 2. The van der Waals surface area contributed by atoms with Crippen molar-refractivity contribution in [2.24, 2.45) is 0 Å². The van der Waals surface area contributed by atoms with Gasteiger partial charge in [0.05, 0.1) is 11.4 Å². The molecular weight excluding hydrogens is 328 g/mol. The third-order valence-corrected chi connectivity index (χ3v) is 4.53. The summed E-state index contributed by atoms with van der Waals surface area (Å²) in [7, 11) is 0. The summed E-state index contributed by atoms with van der Waals surface area (Å²) >= 11 is 1.26. The molecule has 0 unspecified atom stereocenters. The van der Waals surface area contributed by atoms with Gasteiger partial charge in [-0.3, -0.25) is 9.59 Å². The molecule has 2 aromatic rings. The summed E-state index contributed by atoms with van der Waals surface area (Å²) < 4.78 is 5.11. The minimum Gasteiger partial charge on any atom is -0.451 e. The van der Waals surface area contributed by atoms with E-state index in [-0.39, 0.29) is 30.9 Å². The maximum atomic E-state index is 12.6. The molecule has 1 atom stereocenters. The Morgan fingerprint density at radius 2 is 2.08 bits per heavy atom. The number of hydrogen-bond acceptors (Lipinski definition) is 5. The lowest BCUT2D eigenvalue weighted by atomic mass is 10.1. The van der Waals surface area contributed by atoms with Crippen LogP contribution in [0.5, 0.6) is 0 Å². The number of hydrogen-bond donors (Lipinski definition) is 1. The van der Waals surface area contributed by atoms with E-state index in [1.165, 1.54) is 16.2 Å². The Bertz CT molecular complexity index is 773. The van der Waals surface area contributed by atoms with Crippen LogP contribution >= 0.6 is 11.3 Å². The van der Waals surface area contributed by atoms with Gasteiger partial charge in [-0.1, -0.05) is 18.2 Å². The number of nitrogens with zero attached hydrogens (tertiary/aromatic N) is 1. The van der Waals surface area contributed by atoms with Crippen molar-refractivity contribution in [2.75, 3.05) is 16.8 Å². The molecular formula is C17H16N2O4S. The number of thiophene rings is 1. The summed E-state index contributed by atoms with van der Waals surface area (Å²) in [5, 5.41) is 4.55. The van der Waals surface area contributed by atoms with Gasteiger partial charge in [-0.05, 0) is 30.5 Å². The number of rotatable bonds is 3. The van der Waals surface area contributed by atoms with E-state index < -0.39 is 5.97 Å². The van der Waals surface area contributed by atoms with Crippen LogP contribution in [0.3, 0.4) is 0 Å². The lowest BCUT2D eigenvalue weighted by molar-refractivity contribution is -0.122. The number of benzene rings is 1. The van der Waals surface area contributed by atoms with Crippen molar-refractivity contribution < 1.29 is 19.1 Å². The topological polar surface area (TPSA) is 75.7 Å². The number of fused-ring (bicyclic) bond motifs is 1. The Morgan fingerprint density at radius 1 is 1.29 bits per heavy atom.